The number of rotatable bonds is 5. The number of nitrogens with one attached hydrogen (secondary N) is 1. The molecule has 16 heavy (non-hydrogen) atoms. The van der Waals surface area contributed by atoms with E-state index in [2.05, 4.69) is 50.0 Å². The molecule has 1 aliphatic heterocycles. The van der Waals surface area contributed by atoms with E-state index in [0.29, 0.717) is 12.1 Å². The predicted octanol–water partition coefficient (Wildman–Crippen LogP) is 1.40. The third kappa shape index (κ3) is 4.40. The Morgan fingerprint density at radius 1 is 1.19 bits per heavy atom. The summed E-state index contributed by atoms with van der Waals surface area (Å²) in [7, 11) is 4.29. The van der Waals surface area contributed by atoms with Gasteiger partial charge in [-0.25, -0.2) is 0 Å². The molecule has 1 N–H and O–H groups in total. The van der Waals surface area contributed by atoms with Crippen LogP contribution in [-0.2, 0) is 0 Å². The van der Waals surface area contributed by atoms with Crippen LogP contribution < -0.4 is 5.32 Å². The summed E-state index contributed by atoms with van der Waals surface area (Å²) in [6, 6.07) is 2.07. The molecule has 0 aromatic rings. The maximum absolute atomic E-state index is 3.69. The minimum Gasteiger partial charge on any atom is -0.312 e. The van der Waals surface area contributed by atoms with Crippen molar-refractivity contribution in [2.24, 2.45) is 0 Å². The van der Waals surface area contributed by atoms with Crippen LogP contribution in [0.3, 0.4) is 0 Å². The lowest BCUT2D eigenvalue weighted by atomic mass is 10.0. The first kappa shape index (κ1) is 13.9. The van der Waals surface area contributed by atoms with E-state index in [-0.39, 0.29) is 0 Å². The Balaban J connectivity index is 2.17. The van der Waals surface area contributed by atoms with E-state index in [0.717, 1.165) is 12.6 Å². The van der Waals surface area contributed by atoms with E-state index in [4.69, 9.17) is 0 Å². The average Bonchev–Trinajstić information content (AvgIpc) is 2.26. The Morgan fingerprint density at radius 2 is 1.75 bits per heavy atom. The fourth-order valence-corrected chi connectivity index (χ4v) is 2.14. The molecule has 0 bridgehead atoms. The smallest absolute Gasteiger partial charge is 0.0186 e. The van der Waals surface area contributed by atoms with Crippen LogP contribution in [-0.4, -0.2) is 61.7 Å². The average molecular weight is 227 g/mol. The first-order valence-electron chi connectivity index (χ1n) is 6.64. The van der Waals surface area contributed by atoms with Gasteiger partial charge in [-0.3, -0.25) is 0 Å². The van der Waals surface area contributed by atoms with Gasteiger partial charge >= 0.3 is 0 Å². The summed E-state index contributed by atoms with van der Waals surface area (Å²) in [5, 5.41) is 3.69. The van der Waals surface area contributed by atoms with Gasteiger partial charge < -0.3 is 15.1 Å². The molecule has 1 saturated heterocycles. The lowest BCUT2D eigenvalue weighted by Gasteiger charge is -2.35. The lowest BCUT2D eigenvalue weighted by molar-refractivity contribution is 0.157. The van der Waals surface area contributed by atoms with Gasteiger partial charge in [-0.15, -0.1) is 0 Å². The van der Waals surface area contributed by atoms with Crippen molar-refractivity contribution in [3.63, 3.8) is 0 Å². The monoisotopic (exact) mass is 227 g/mol. The first-order valence-corrected chi connectivity index (χ1v) is 6.64. The Bertz CT molecular complexity index is 184. The van der Waals surface area contributed by atoms with Crippen LogP contribution in [0.5, 0.6) is 0 Å². The lowest BCUT2D eigenvalue weighted by Crippen LogP contribution is -2.47. The summed E-state index contributed by atoms with van der Waals surface area (Å²) in [6.07, 6.45) is 2.61. The van der Waals surface area contributed by atoms with E-state index < -0.39 is 0 Å². The van der Waals surface area contributed by atoms with Crippen LogP contribution in [0.2, 0.25) is 0 Å². The number of hydrogen-bond donors (Lipinski definition) is 1. The predicted molar refractivity (Wildman–Crippen MR) is 70.9 cm³/mol. The van der Waals surface area contributed by atoms with E-state index in [1.807, 2.05) is 0 Å². The van der Waals surface area contributed by atoms with Gasteiger partial charge in [0.2, 0.25) is 0 Å². The molecule has 1 rings (SSSR count). The standard InChI is InChI=1S/C13H29N3/c1-11(2)16-8-6-13(7-9-16)14-10-12(3)15(4)5/h11-14H,6-10H2,1-5H3. The molecule has 1 fully saturated rings. The van der Waals surface area contributed by atoms with Gasteiger partial charge in [0, 0.05) is 24.7 Å². The molecule has 1 atom stereocenters. The van der Waals surface area contributed by atoms with Crippen molar-refractivity contribution in [1.29, 1.82) is 0 Å². The zero-order valence-corrected chi connectivity index (χ0v) is 11.7. The molecular formula is C13H29N3. The Morgan fingerprint density at radius 3 is 2.19 bits per heavy atom. The molecule has 1 heterocycles. The highest BCUT2D eigenvalue weighted by Crippen LogP contribution is 2.12. The number of piperidine rings is 1. The molecule has 3 heteroatoms. The quantitative estimate of drug-likeness (QED) is 0.766. The van der Waals surface area contributed by atoms with E-state index in [9.17, 15) is 0 Å². The molecular weight excluding hydrogens is 198 g/mol. The fourth-order valence-electron chi connectivity index (χ4n) is 2.14. The molecule has 0 spiro atoms. The summed E-state index contributed by atoms with van der Waals surface area (Å²) in [4.78, 5) is 4.85. The third-order valence-electron chi connectivity index (χ3n) is 3.84. The topological polar surface area (TPSA) is 18.5 Å². The maximum Gasteiger partial charge on any atom is 0.0186 e. The van der Waals surface area contributed by atoms with Crippen molar-refractivity contribution in [3.8, 4) is 0 Å². The summed E-state index contributed by atoms with van der Waals surface area (Å²) in [5.41, 5.74) is 0. The van der Waals surface area contributed by atoms with Gasteiger partial charge in [-0.05, 0) is 60.8 Å². The molecule has 0 aromatic carbocycles. The first-order chi connectivity index (χ1) is 7.50. The highest BCUT2D eigenvalue weighted by Gasteiger charge is 2.20. The summed E-state index contributed by atoms with van der Waals surface area (Å²) in [6.45, 7) is 10.5. The van der Waals surface area contributed by atoms with Gasteiger partial charge in [-0.1, -0.05) is 0 Å². The van der Waals surface area contributed by atoms with Gasteiger partial charge in [0.25, 0.3) is 0 Å². The van der Waals surface area contributed by atoms with Gasteiger partial charge in [0.1, 0.15) is 0 Å². The minimum atomic E-state index is 0.628. The van der Waals surface area contributed by atoms with Gasteiger partial charge in [0.15, 0.2) is 0 Å². The Kier molecular flexibility index (Phi) is 5.73. The second kappa shape index (κ2) is 6.58. The molecule has 0 amide bonds. The molecule has 0 aliphatic carbocycles. The van der Waals surface area contributed by atoms with Crippen LogP contribution in [0.4, 0.5) is 0 Å². The van der Waals surface area contributed by atoms with Gasteiger partial charge in [-0.2, -0.15) is 0 Å². The summed E-state index contributed by atoms with van der Waals surface area (Å²) >= 11 is 0. The SMILES string of the molecule is CC(CNC1CCN(C(C)C)CC1)N(C)C. The highest BCUT2D eigenvalue weighted by molar-refractivity contribution is 4.79. The van der Waals surface area contributed by atoms with E-state index in [1.54, 1.807) is 0 Å². The molecule has 3 nitrogen and oxygen atoms in total. The molecule has 1 aliphatic rings. The number of nitrogens with zero attached hydrogens (tertiary/aromatic N) is 2. The molecule has 1 unspecified atom stereocenters. The molecule has 96 valence electrons. The van der Waals surface area contributed by atoms with E-state index in [1.165, 1.54) is 25.9 Å². The van der Waals surface area contributed by atoms with Crippen LogP contribution in [0.25, 0.3) is 0 Å². The summed E-state index contributed by atoms with van der Waals surface area (Å²) < 4.78 is 0. The molecule has 0 aromatic heterocycles. The van der Waals surface area contributed by atoms with Crippen LogP contribution in [0.15, 0.2) is 0 Å². The molecule has 0 saturated carbocycles. The van der Waals surface area contributed by atoms with Crippen LogP contribution in [0.1, 0.15) is 33.6 Å². The van der Waals surface area contributed by atoms with Crippen molar-refractivity contribution in [1.82, 2.24) is 15.1 Å². The molecule has 0 radical (unpaired) electrons. The van der Waals surface area contributed by atoms with Crippen molar-refractivity contribution in [2.45, 2.75) is 51.7 Å². The Labute approximate surface area is 101 Å². The van der Waals surface area contributed by atoms with Gasteiger partial charge in [0.05, 0.1) is 0 Å². The maximum atomic E-state index is 3.69. The fraction of sp³-hybridized carbons (Fsp3) is 1.00. The van der Waals surface area contributed by atoms with Crippen LogP contribution >= 0.6 is 0 Å². The number of hydrogen-bond acceptors (Lipinski definition) is 3. The third-order valence-corrected chi connectivity index (χ3v) is 3.84. The highest BCUT2D eigenvalue weighted by atomic mass is 15.2. The van der Waals surface area contributed by atoms with Crippen molar-refractivity contribution >= 4 is 0 Å². The zero-order valence-electron chi connectivity index (χ0n) is 11.7. The van der Waals surface area contributed by atoms with Crippen molar-refractivity contribution in [2.75, 3.05) is 33.7 Å². The Hall–Kier alpha value is -0.120. The van der Waals surface area contributed by atoms with Crippen molar-refractivity contribution < 1.29 is 0 Å². The summed E-state index contributed by atoms with van der Waals surface area (Å²) in [5.74, 6) is 0. The number of likely N-dealkylation sites (N-methyl/N-ethyl adjacent to an activating group) is 1. The largest absolute Gasteiger partial charge is 0.312 e. The zero-order chi connectivity index (χ0) is 12.1. The minimum absolute atomic E-state index is 0.628. The van der Waals surface area contributed by atoms with Crippen molar-refractivity contribution in [3.05, 3.63) is 0 Å². The second-order valence-corrected chi connectivity index (χ2v) is 5.62. The normalized spacial score (nSPS) is 21.9. The van der Waals surface area contributed by atoms with E-state index >= 15 is 0 Å². The number of likely N-dealkylation sites (tertiary alicyclic amines) is 1. The van der Waals surface area contributed by atoms with Crippen LogP contribution in [0, 0.1) is 0 Å². The second-order valence-electron chi connectivity index (χ2n) is 5.62.